The third-order valence-electron chi connectivity index (χ3n) is 6.50. The number of carboxylic acids is 1. The number of nitrogens with one attached hydrogen (secondary N) is 1. The van der Waals surface area contributed by atoms with Crippen LogP contribution in [0.15, 0.2) is 48.8 Å². The number of likely N-dealkylation sites (N-methyl/N-ethyl adjacent to an activating group) is 1. The standard InChI is InChI=1S/C26H30ClN3O6.ClH/c1-17(2)22(24(33)34)28-23(32)18-9-8-14-30(15-18)16-36-25(35)29(3)26(13-7-6-12-21(26)31)19-10-4-5-11-20(19)27;/h4-5,8-11,14-15,17,22H,6-7,12-13,16H2,1-3H3,(H-,28,32,33,34);1H/t22-,26?;/m0./s1. The summed E-state index contributed by atoms with van der Waals surface area (Å²) >= 11 is 6.45. The van der Waals surface area contributed by atoms with E-state index in [1.807, 2.05) is 0 Å². The van der Waals surface area contributed by atoms with Crippen molar-refractivity contribution in [2.75, 3.05) is 7.05 Å². The molecule has 1 heterocycles. The number of carboxylic acid groups (broad SMARTS) is 1. The summed E-state index contributed by atoms with van der Waals surface area (Å²) in [6.07, 6.45) is 4.63. The maximum Gasteiger partial charge on any atom is 0.415 e. The Bertz CT molecular complexity index is 1160. The minimum atomic E-state index is -1.22. The highest BCUT2D eigenvalue weighted by Gasteiger charge is 2.48. The molecule has 0 bridgehead atoms. The van der Waals surface area contributed by atoms with Gasteiger partial charge in [0.05, 0.1) is 0 Å². The van der Waals surface area contributed by atoms with Crippen LogP contribution in [-0.2, 0) is 26.6 Å². The van der Waals surface area contributed by atoms with E-state index in [0.29, 0.717) is 23.4 Å². The van der Waals surface area contributed by atoms with Crippen molar-refractivity contribution in [3.8, 4) is 0 Å². The Morgan fingerprint density at radius 1 is 1.19 bits per heavy atom. The van der Waals surface area contributed by atoms with E-state index in [2.05, 4.69) is 5.32 Å². The van der Waals surface area contributed by atoms with Crippen LogP contribution in [-0.4, -0.2) is 46.8 Å². The molecule has 2 amide bonds. The monoisotopic (exact) mass is 551 g/mol. The van der Waals surface area contributed by atoms with Gasteiger partial charge < -0.3 is 27.6 Å². The second kappa shape index (κ2) is 12.9. The fraction of sp³-hybridized carbons (Fsp3) is 0.423. The van der Waals surface area contributed by atoms with Crippen molar-refractivity contribution in [1.29, 1.82) is 0 Å². The van der Waals surface area contributed by atoms with Crippen LogP contribution in [0, 0.1) is 5.92 Å². The van der Waals surface area contributed by atoms with Crippen LogP contribution in [0.25, 0.3) is 0 Å². The van der Waals surface area contributed by atoms with Crippen LogP contribution in [0.3, 0.4) is 0 Å². The van der Waals surface area contributed by atoms with Crippen LogP contribution in [0.1, 0.15) is 55.5 Å². The Balaban J connectivity index is 0.00000481. The molecule has 1 aliphatic carbocycles. The Kier molecular flexibility index (Phi) is 10.5. The number of pyridine rings is 1. The molecule has 0 aliphatic heterocycles. The first-order valence-electron chi connectivity index (χ1n) is 11.8. The van der Waals surface area contributed by atoms with Gasteiger partial charge in [0.1, 0.15) is 17.1 Å². The van der Waals surface area contributed by atoms with Gasteiger partial charge in [-0.15, -0.1) is 0 Å². The van der Waals surface area contributed by atoms with Crippen molar-refractivity contribution >= 4 is 35.4 Å². The number of nitrogens with zero attached hydrogens (tertiary/aromatic N) is 2. The first-order chi connectivity index (χ1) is 17.1. The van der Waals surface area contributed by atoms with Crippen molar-refractivity contribution in [2.45, 2.75) is 57.8 Å². The number of halogens is 2. The lowest BCUT2D eigenvalue weighted by molar-refractivity contribution is -0.727. The van der Waals surface area contributed by atoms with Gasteiger partial charge in [-0.2, -0.15) is 4.57 Å². The molecule has 1 aromatic carbocycles. The largest absolute Gasteiger partial charge is 1.00 e. The van der Waals surface area contributed by atoms with Crippen molar-refractivity contribution in [2.24, 2.45) is 5.92 Å². The summed E-state index contributed by atoms with van der Waals surface area (Å²) in [6, 6.07) is 9.09. The Morgan fingerprint density at radius 2 is 1.89 bits per heavy atom. The van der Waals surface area contributed by atoms with Crippen LogP contribution in [0.5, 0.6) is 0 Å². The Morgan fingerprint density at radius 3 is 2.51 bits per heavy atom. The predicted molar refractivity (Wildman–Crippen MR) is 131 cm³/mol. The molecule has 9 nitrogen and oxygen atoms in total. The molecule has 200 valence electrons. The van der Waals surface area contributed by atoms with Crippen LogP contribution in [0.4, 0.5) is 4.79 Å². The lowest BCUT2D eigenvalue weighted by Crippen LogP contribution is -3.00. The van der Waals surface area contributed by atoms with E-state index in [0.717, 1.165) is 12.8 Å². The molecule has 0 spiro atoms. The van der Waals surface area contributed by atoms with Crippen LogP contribution >= 0.6 is 11.6 Å². The number of amides is 2. The van der Waals surface area contributed by atoms with Gasteiger partial charge in [0, 0.05) is 30.1 Å². The van der Waals surface area contributed by atoms with Crippen molar-refractivity contribution in [3.05, 3.63) is 64.9 Å². The number of carbonyl (C=O) groups is 4. The number of ether oxygens (including phenoxy) is 1. The fourth-order valence-electron chi connectivity index (χ4n) is 4.49. The first kappa shape index (κ1) is 30.1. The Hall–Kier alpha value is -3.17. The number of carbonyl (C=O) groups excluding carboxylic acids is 3. The van der Waals surface area contributed by atoms with Crippen LogP contribution in [0.2, 0.25) is 5.02 Å². The molecule has 0 radical (unpaired) electrons. The summed E-state index contributed by atoms with van der Waals surface area (Å²) in [7, 11) is 1.53. The van der Waals surface area contributed by atoms with E-state index in [-0.39, 0.29) is 36.4 Å². The van der Waals surface area contributed by atoms with Gasteiger partial charge >= 0.3 is 12.1 Å². The third-order valence-corrected chi connectivity index (χ3v) is 6.83. The summed E-state index contributed by atoms with van der Waals surface area (Å²) in [5.41, 5.74) is -0.438. The molecule has 2 N–H and O–H groups in total. The average molecular weight is 552 g/mol. The zero-order chi connectivity index (χ0) is 26.5. The summed E-state index contributed by atoms with van der Waals surface area (Å²) in [4.78, 5) is 51.6. The van der Waals surface area contributed by atoms with E-state index in [4.69, 9.17) is 16.3 Å². The number of hydrogen-bond donors (Lipinski definition) is 2. The normalized spacial score (nSPS) is 17.9. The number of hydrogen-bond acceptors (Lipinski definition) is 5. The van der Waals surface area contributed by atoms with Gasteiger partial charge in [-0.05, 0) is 37.3 Å². The molecule has 1 saturated carbocycles. The second-order valence-corrected chi connectivity index (χ2v) is 9.62. The summed E-state index contributed by atoms with van der Waals surface area (Å²) in [5.74, 6) is -2.07. The van der Waals surface area contributed by atoms with E-state index in [9.17, 15) is 24.3 Å². The molecule has 2 atom stereocenters. The zero-order valence-corrected chi connectivity index (χ0v) is 22.5. The lowest BCUT2D eigenvalue weighted by Gasteiger charge is -2.43. The summed E-state index contributed by atoms with van der Waals surface area (Å²) in [5, 5.41) is 12.2. The molecule has 1 aliphatic rings. The molecule has 37 heavy (non-hydrogen) atoms. The van der Waals surface area contributed by atoms with Gasteiger partial charge in [-0.25, -0.2) is 9.59 Å². The van der Waals surface area contributed by atoms with Crippen molar-refractivity contribution < 1.29 is 46.0 Å². The second-order valence-electron chi connectivity index (χ2n) is 9.21. The number of benzene rings is 1. The third kappa shape index (κ3) is 6.59. The summed E-state index contributed by atoms with van der Waals surface area (Å²) in [6.45, 7) is 3.18. The molecular weight excluding hydrogens is 521 g/mol. The van der Waals surface area contributed by atoms with E-state index in [1.54, 1.807) is 50.4 Å². The highest BCUT2D eigenvalue weighted by molar-refractivity contribution is 6.31. The number of aromatic nitrogens is 1. The lowest BCUT2D eigenvalue weighted by atomic mass is 9.74. The Labute approximate surface area is 227 Å². The smallest absolute Gasteiger partial charge is 0.415 e. The van der Waals surface area contributed by atoms with Gasteiger partial charge in [0.2, 0.25) is 0 Å². The molecule has 2 aromatic rings. The number of rotatable bonds is 8. The van der Waals surface area contributed by atoms with E-state index < -0.39 is 29.6 Å². The molecule has 1 fully saturated rings. The maximum atomic E-state index is 13.2. The minimum absolute atomic E-state index is 0. The molecule has 1 unspecified atom stereocenters. The van der Waals surface area contributed by atoms with Crippen LogP contribution < -0.4 is 22.3 Å². The van der Waals surface area contributed by atoms with Gasteiger partial charge in [0.25, 0.3) is 12.6 Å². The molecular formula is C26H31Cl2N3O6. The predicted octanol–water partition coefficient (Wildman–Crippen LogP) is 0.535. The topological polar surface area (TPSA) is 117 Å². The quantitative estimate of drug-likeness (QED) is 0.462. The molecule has 0 saturated heterocycles. The number of ketones is 1. The van der Waals surface area contributed by atoms with Crippen molar-refractivity contribution in [3.63, 3.8) is 0 Å². The highest BCUT2D eigenvalue weighted by atomic mass is 35.5. The first-order valence-corrected chi connectivity index (χ1v) is 12.2. The maximum absolute atomic E-state index is 13.2. The fourth-order valence-corrected chi connectivity index (χ4v) is 4.78. The zero-order valence-electron chi connectivity index (χ0n) is 20.9. The SMILES string of the molecule is CC(C)[C@H](NC(=O)c1ccc[n+](COC(=O)N(C)C2(c3ccccc3Cl)CCCCC2=O)c1)C(=O)O.[Cl-]. The van der Waals surface area contributed by atoms with Gasteiger partial charge in [0.15, 0.2) is 18.2 Å². The highest BCUT2D eigenvalue weighted by Crippen LogP contribution is 2.42. The van der Waals surface area contributed by atoms with E-state index >= 15 is 0 Å². The van der Waals surface area contributed by atoms with Gasteiger partial charge in [-0.1, -0.05) is 43.6 Å². The minimum Gasteiger partial charge on any atom is -1.00 e. The molecule has 11 heteroatoms. The number of Topliss-reactive ketones (excluding diaryl/α,β-unsaturated/α-hetero) is 1. The molecule has 1 aromatic heterocycles. The summed E-state index contributed by atoms with van der Waals surface area (Å²) < 4.78 is 6.98. The van der Waals surface area contributed by atoms with Gasteiger partial charge in [-0.3, -0.25) is 14.5 Å². The van der Waals surface area contributed by atoms with E-state index in [1.165, 1.54) is 28.8 Å². The number of aliphatic carboxylic acids is 1. The average Bonchev–Trinajstić information content (AvgIpc) is 2.86. The molecule has 3 rings (SSSR count). The van der Waals surface area contributed by atoms with Crippen molar-refractivity contribution in [1.82, 2.24) is 10.2 Å².